The van der Waals surface area contributed by atoms with E-state index in [-0.39, 0.29) is 0 Å². The summed E-state index contributed by atoms with van der Waals surface area (Å²) in [5.41, 5.74) is 3.39. The number of hydrogen-bond acceptors (Lipinski definition) is 4. The van der Waals surface area contributed by atoms with Crippen LogP contribution in [0, 0.1) is 5.92 Å². The van der Waals surface area contributed by atoms with Crippen molar-refractivity contribution in [1.82, 2.24) is 0 Å². The first-order valence-electron chi connectivity index (χ1n) is 4.60. The van der Waals surface area contributed by atoms with E-state index in [1.165, 1.54) is 0 Å². The Morgan fingerprint density at radius 1 is 0.833 bits per heavy atom. The van der Waals surface area contributed by atoms with Crippen molar-refractivity contribution in [3.63, 3.8) is 0 Å². The first-order chi connectivity index (χ1) is 7.76. The molecule has 0 aromatic heterocycles. The third-order valence-corrected chi connectivity index (χ3v) is 5.55. The molecule has 0 aliphatic carbocycles. The van der Waals surface area contributed by atoms with Crippen LogP contribution in [-0.4, -0.2) is 53.9 Å². The highest BCUT2D eigenvalue weighted by Crippen LogP contribution is 2.52. The minimum absolute atomic E-state index is 0.644. The highest BCUT2D eigenvalue weighted by atomic mass is 31.2. The molecule has 1 unspecified atom stereocenters. The van der Waals surface area contributed by atoms with Gasteiger partial charge in [-0.1, -0.05) is 0 Å². The van der Waals surface area contributed by atoms with Crippen molar-refractivity contribution < 1.29 is 43.1 Å². The molecular formula is C5H16NO9P3. The lowest BCUT2D eigenvalue weighted by Crippen LogP contribution is -2.33. The summed E-state index contributed by atoms with van der Waals surface area (Å²) in [4.78, 5) is 53.0. The second-order valence-corrected chi connectivity index (χ2v) is 9.08. The molecule has 0 aromatic rings. The normalized spacial score (nSPS) is 16.0. The van der Waals surface area contributed by atoms with Gasteiger partial charge in [0.1, 0.15) is 0 Å². The molecule has 0 aliphatic rings. The van der Waals surface area contributed by atoms with Crippen LogP contribution in [-0.2, 0) is 13.7 Å². The molecule has 10 nitrogen and oxygen atoms in total. The van der Waals surface area contributed by atoms with Crippen LogP contribution in [0.15, 0.2) is 0 Å². The predicted molar refractivity (Wildman–Crippen MR) is 62.2 cm³/mol. The van der Waals surface area contributed by atoms with Gasteiger partial charge in [0.15, 0.2) is 0 Å². The van der Waals surface area contributed by atoms with E-state index in [9.17, 15) is 13.7 Å². The Morgan fingerprint density at radius 3 is 1.33 bits per heavy atom. The Kier molecular flexibility index (Phi) is 6.38. The van der Waals surface area contributed by atoms with Crippen molar-refractivity contribution in [1.29, 1.82) is 0 Å². The Bertz CT molecular complexity index is 382. The standard InChI is InChI=1S/C5H16NO9P3/c6-1-5(18(13,14)15)4(2-16(7,8)9)3-17(10,11)12/h4-5H,1-3,6H2,(H2,7,8,9)(H2,10,11,12)(H2,13,14,15). The number of rotatable bonds is 7. The molecular weight excluding hydrogens is 311 g/mol. The maximum atomic E-state index is 11.1. The van der Waals surface area contributed by atoms with Gasteiger partial charge in [-0.15, -0.1) is 0 Å². The second-order valence-electron chi connectivity index (χ2n) is 3.85. The quantitative estimate of drug-likeness (QED) is 0.269. The minimum Gasteiger partial charge on any atom is -0.330 e. The summed E-state index contributed by atoms with van der Waals surface area (Å²) in [6.07, 6.45) is -2.10. The summed E-state index contributed by atoms with van der Waals surface area (Å²) >= 11 is 0. The van der Waals surface area contributed by atoms with E-state index in [0.29, 0.717) is 0 Å². The molecule has 18 heavy (non-hydrogen) atoms. The van der Waals surface area contributed by atoms with Crippen LogP contribution >= 0.6 is 22.8 Å². The van der Waals surface area contributed by atoms with E-state index >= 15 is 0 Å². The van der Waals surface area contributed by atoms with Crippen molar-refractivity contribution >= 4 is 22.8 Å². The average molecular weight is 327 g/mol. The summed E-state index contributed by atoms with van der Waals surface area (Å²) in [5.74, 6) is -1.57. The Labute approximate surface area is 103 Å². The van der Waals surface area contributed by atoms with Gasteiger partial charge in [-0.3, -0.25) is 13.7 Å². The molecule has 0 saturated heterocycles. The first kappa shape index (κ1) is 18.4. The molecule has 0 aromatic carbocycles. The van der Waals surface area contributed by atoms with Gasteiger partial charge >= 0.3 is 22.8 Å². The highest BCUT2D eigenvalue weighted by Gasteiger charge is 2.41. The van der Waals surface area contributed by atoms with Gasteiger partial charge in [-0.2, -0.15) is 0 Å². The van der Waals surface area contributed by atoms with Gasteiger partial charge < -0.3 is 35.1 Å². The zero-order valence-corrected chi connectivity index (χ0v) is 11.8. The second kappa shape index (κ2) is 6.24. The van der Waals surface area contributed by atoms with Crippen LogP contribution in [0.2, 0.25) is 0 Å². The zero-order valence-electron chi connectivity index (χ0n) is 9.10. The van der Waals surface area contributed by atoms with Crippen LogP contribution in [0.1, 0.15) is 0 Å². The van der Waals surface area contributed by atoms with E-state index < -0.39 is 53.2 Å². The molecule has 0 heterocycles. The van der Waals surface area contributed by atoms with Gasteiger partial charge in [0.2, 0.25) is 0 Å². The van der Waals surface area contributed by atoms with Crippen molar-refractivity contribution in [2.75, 3.05) is 18.9 Å². The molecule has 0 radical (unpaired) electrons. The van der Waals surface area contributed by atoms with Gasteiger partial charge in [0.05, 0.1) is 18.0 Å². The van der Waals surface area contributed by atoms with Gasteiger partial charge in [0, 0.05) is 6.54 Å². The predicted octanol–water partition coefficient (Wildman–Crippen LogP) is -1.54. The van der Waals surface area contributed by atoms with Crippen molar-refractivity contribution in [3.8, 4) is 0 Å². The molecule has 0 saturated carbocycles. The van der Waals surface area contributed by atoms with Gasteiger partial charge in [0.25, 0.3) is 0 Å². The summed E-state index contributed by atoms with van der Waals surface area (Å²) in [6.45, 7) is -0.644. The largest absolute Gasteiger partial charge is 0.330 e. The van der Waals surface area contributed by atoms with Gasteiger partial charge in [-0.25, -0.2) is 0 Å². The summed E-state index contributed by atoms with van der Waals surface area (Å²) in [5, 5.41) is 0. The molecule has 0 aliphatic heterocycles. The topological polar surface area (TPSA) is 199 Å². The molecule has 0 fully saturated rings. The SMILES string of the molecule is NCC(C(CP(=O)(O)O)CP(=O)(O)O)P(=O)(O)O. The lowest BCUT2D eigenvalue weighted by atomic mass is 10.1. The van der Waals surface area contributed by atoms with Crippen LogP contribution in [0.4, 0.5) is 0 Å². The summed E-state index contributed by atoms with van der Waals surface area (Å²) in [6, 6.07) is 0. The fourth-order valence-electron chi connectivity index (χ4n) is 1.52. The minimum atomic E-state index is -4.82. The Balaban J connectivity index is 5.25. The summed E-state index contributed by atoms with van der Waals surface area (Å²) < 4.78 is 32.7. The van der Waals surface area contributed by atoms with E-state index in [1.54, 1.807) is 0 Å². The van der Waals surface area contributed by atoms with E-state index in [1.807, 2.05) is 0 Å². The monoisotopic (exact) mass is 327 g/mol. The molecule has 1 atom stereocenters. The third kappa shape index (κ3) is 7.76. The zero-order chi connectivity index (χ0) is 14.8. The van der Waals surface area contributed by atoms with E-state index in [4.69, 9.17) is 35.1 Å². The lowest BCUT2D eigenvalue weighted by molar-refractivity contribution is 0.325. The Morgan fingerprint density at radius 2 is 1.17 bits per heavy atom. The molecule has 8 N–H and O–H groups in total. The van der Waals surface area contributed by atoms with Crippen LogP contribution in [0.5, 0.6) is 0 Å². The third-order valence-electron chi connectivity index (χ3n) is 2.16. The van der Waals surface area contributed by atoms with Crippen LogP contribution in [0.3, 0.4) is 0 Å². The van der Waals surface area contributed by atoms with Crippen molar-refractivity contribution in [3.05, 3.63) is 0 Å². The average Bonchev–Trinajstić information content (AvgIpc) is 1.94. The Hall–Kier alpha value is 0.410. The fourth-order valence-corrected chi connectivity index (χ4v) is 5.08. The maximum Gasteiger partial charge on any atom is 0.330 e. The van der Waals surface area contributed by atoms with Crippen molar-refractivity contribution in [2.45, 2.75) is 5.66 Å². The molecule has 13 heteroatoms. The number of hydrogen-bond donors (Lipinski definition) is 7. The molecule has 0 spiro atoms. The summed E-state index contributed by atoms with van der Waals surface area (Å²) in [7, 11) is -14.2. The molecule has 0 rings (SSSR count). The first-order valence-corrected chi connectivity index (χ1v) is 9.88. The molecule has 0 amide bonds. The molecule has 110 valence electrons. The highest BCUT2D eigenvalue weighted by molar-refractivity contribution is 7.54. The lowest BCUT2D eigenvalue weighted by Gasteiger charge is -2.27. The van der Waals surface area contributed by atoms with E-state index in [0.717, 1.165) is 0 Å². The fraction of sp³-hybridized carbons (Fsp3) is 1.00. The van der Waals surface area contributed by atoms with Gasteiger partial charge in [-0.05, 0) is 5.92 Å². The van der Waals surface area contributed by atoms with Crippen LogP contribution in [0.25, 0.3) is 0 Å². The van der Waals surface area contributed by atoms with Crippen LogP contribution < -0.4 is 5.73 Å². The maximum absolute atomic E-state index is 11.1. The van der Waals surface area contributed by atoms with E-state index in [2.05, 4.69) is 0 Å². The van der Waals surface area contributed by atoms with Crippen molar-refractivity contribution in [2.24, 2.45) is 11.7 Å². The number of nitrogens with two attached hydrogens (primary N) is 1. The smallest absolute Gasteiger partial charge is 0.330 e. The molecule has 0 bridgehead atoms.